The van der Waals surface area contributed by atoms with Crippen molar-refractivity contribution in [3.63, 3.8) is 0 Å². The van der Waals surface area contributed by atoms with E-state index in [0.717, 1.165) is 5.69 Å². The van der Waals surface area contributed by atoms with Gasteiger partial charge in [-0.05, 0) is 25.1 Å². The number of pyridine rings is 1. The zero-order valence-electron chi connectivity index (χ0n) is 14.0. The molecular weight excluding hydrogens is 308 g/mol. The SMILES string of the molecule is COc1cccc(-c2nnc(C)n2-c2c(OC)cccc2OC)n1. The second-order valence-electron chi connectivity index (χ2n) is 4.98. The van der Waals surface area contributed by atoms with Crippen LogP contribution in [0.5, 0.6) is 17.4 Å². The molecule has 0 fully saturated rings. The van der Waals surface area contributed by atoms with Gasteiger partial charge in [-0.25, -0.2) is 4.98 Å². The second kappa shape index (κ2) is 6.57. The van der Waals surface area contributed by atoms with E-state index in [-0.39, 0.29) is 0 Å². The fraction of sp³-hybridized carbons (Fsp3) is 0.235. The fourth-order valence-corrected chi connectivity index (χ4v) is 2.50. The Morgan fingerprint density at radius 3 is 2.12 bits per heavy atom. The molecule has 0 atom stereocenters. The van der Waals surface area contributed by atoms with Crippen molar-refractivity contribution in [3.8, 4) is 34.6 Å². The predicted molar refractivity (Wildman–Crippen MR) is 89.0 cm³/mol. The third-order valence-electron chi connectivity index (χ3n) is 3.61. The lowest BCUT2D eigenvalue weighted by Crippen LogP contribution is -2.06. The molecule has 7 heteroatoms. The van der Waals surface area contributed by atoms with Gasteiger partial charge in [0.05, 0.1) is 21.3 Å². The van der Waals surface area contributed by atoms with Gasteiger partial charge in [-0.1, -0.05) is 12.1 Å². The molecule has 0 bridgehead atoms. The molecule has 0 amide bonds. The average Bonchev–Trinajstić information content (AvgIpc) is 3.02. The van der Waals surface area contributed by atoms with Gasteiger partial charge in [0.15, 0.2) is 5.82 Å². The van der Waals surface area contributed by atoms with Crippen LogP contribution in [0.15, 0.2) is 36.4 Å². The molecule has 3 rings (SSSR count). The summed E-state index contributed by atoms with van der Waals surface area (Å²) in [5.74, 6) is 3.08. The van der Waals surface area contributed by atoms with E-state index in [9.17, 15) is 0 Å². The van der Waals surface area contributed by atoms with Gasteiger partial charge in [0.2, 0.25) is 5.88 Å². The number of aryl methyl sites for hydroxylation is 1. The summed E-state index contributed by atoms with van der Waals surface area (Å²) in [4.78, 5) is 4.44. The fourth-order valence-electron chi connectivity index (χ4n) is 2.50. The van der Waals surface area contributed by atoms with Crippen molar-refractivity contribution < 1.29 is 14.2 Å². The highest BCUT2D eigenvalue weighted by atomic mass is 16.5. The number of aromatic nitrogens is 4. The molecule has 2 aromatic heterocycles. The number of nitrogens with zero attached hydrogens (tertiary/aromatic N) is 4. The molecule has 0 radical (unpaired) electrons. The van der Waals surface area contributed by atoms with E-state index in [1.165, 1.54) is 0 Å². The highest BCUT2D eigenvalue weighted by Crippen LogP contribution is 2.35. The van der Waals surface area contributed by atoms with E-state index in [0.29, 0.717) is 34.7 Å². The van der Waals surface area contributed by atoms with Crippen molar-refractivity contribution in [2.75, 3.05) is 21.3 Å². The quantitative estimate of drug-likeness (QED) is 0.718. The molecule has 0 saturated heterocycles. The highest BCUT2D eigenvalue weighted by Gasteiger charge is 2.21. The third kappa shape index (κ3) is 2.64. The van der Waals surface area contributed by atoms with Crippen molar-refractivity contribution >= 4 is 0 Å². The van der Waals surface area contributed by atoms with Crippen LogP contribution in [0.3, 0.4) is 0 Å². The topological polar surface area (TPSA) is 71.3 Å². The van der Waals surface area contributed by atoms with Gasteiger partial charge in [0, 0.05) is 6.07 Å². The maximum Gasteiger partial charge on any atom is 0.213 e. The molecule has 0 aliphatic carbocycles. The summed E-state index contributed by atoms with van der Waals surface area (Å²) in [6.07, 6.45) is 0. The predicted octanol–water partition coefficient (Wildman–Crippen LogP) is 2.66. The van der Waals surface area contributed by atoms with Gasteiger partial charge in [0.1, 0.15) is 28.7 Å². The number of ether oxygens (including phenoxy) is 3. The maximum absolute atomic E-state index is 5.50. The maximum atomic E-state index is 5.50. The Bertz CT molecular complexity index is 839. The molecule has 124 valence electrons. The lowest BCUT2D eigenvalue weighted by atomic mass is 10.2. The molecule has 24 heavy (non-hydrogen) atoms. The Kier molecular flexibility index (Phi) is 4.33. The molecule has 7 nitrogen and oxygen atoms in total. The zero-order chi connectivity index (χ0) is 17.1. The summed E-state index contributed by atoms with van der Waals surface area (Å²) >= 11 is 0. The van der Waals surface area contributed by atoms with Crippen LogP contribution in [0.25, 0.3) is 17.2 Å². The van der Waals surface area contributed by atoms with Crippen LogP contribution in [0.1, 0.15) is 5.82 Å². The van der Waals surface area contributed by atoms with Crippen molar-refractivity contribution in [2.45, 2.75) is 6.92 Å². The summed E-state index contributed by atoms with van der Waals surface area (Å²) in [5.41, 5.74) is 1.37. The summed E-state index contributed by atoms with van der Waals surface area (Å²) in [7, 11) is 4.80. The van der Waals surface area contributed by atoms with Crippen LogP contribution >= 0.6 is 0 Å². The molecule has 3 aromatic rings. The molecule has 1 aromatic carbocycles. The van der Waals surface area contributed by atoms with E-state index in [4.69, 9.17) is 14.2 Å². The van der Waals surface area contributed by atoms with E-state index >= 15 is 0 Å². The number of benzene rings is 1. The van der Waals surface area contributed by atoms with Gasteiger partial charge in [-0.2, -0.15) is 0 Å². The Morgan fingerprint density at radius 2 is 1.50 bits per heavy atom. The molecule has 0 aliphatic heterocycles. The second-order valence-corrected chi connectivity index (χ2v) is 4.98. The van der Waals surface area contributed by atoms with Gasteiger partial charge in [-0.15, -0.1) is 10.2 Å². The first-order valence-electron chi connectivity index (χ1n) is 7.34. The van der Waals surface area contributed by atoms with Crippen LogP contribution in [0, 0.1) is 6.92 Å². The minimum Gasteiger partial charge on any atom is -0.494 e. The Morgan fingerprint density at radius 1 is 0.833 bits per heavy atom. The summed E-state index contributed by atoms with van der Waals surface area (Å²) in [6.45, 7) is 1.86. The highest BCUT2D eigenvalue weighted by molar-refractivity contribution is 5.63. The summed E-state index contributed by atoms with van der Waals surface area (Å²) in [5, 5.41) is 8.47. The van der Waals surface area contributed by atoms with Crippen LogP contribution in [-0.2, 0) is 0 Å². The third-order valence-corrected chi connectivity index (χ3v) is 3.61. The van der Waals surface area contributed by atoms with Crippen LogP contribution < -0.4 is 14.2 Å². The molecule has 0 spiro atoms. The first-order valence-corrected chi connectivity index (χ1v) is 7.34. The average molecular weight is 326 g/mol. The largest absolute Gasteiger partial charge is 0.494 e. The first kappa shape index (κ1) is 15.8. The first-order chi connectivity index (χ1) is 11.7. The van der Waals surface area contributed by atoms with Crippen molar-refractivity contribution in [1.82, 2.24) is 19.7 Å². The van der Waals surface area contributed by atoms with Gasteiger partial charge >= 0.3 is 0 Å². The van der Waals surface area contributed by atoms with Gasteiger partial charge in [0.25, 0.3) is 0 Å². The minimum atomic E-state index is 0.506. The van der Waals surface area contributed by atoms with E-state index in [1.54, 1.807) is 27.4 Å². The molecule has 0 unspecified atom stereocenters. The summed E-state index contributed by atoms with van der Waals surface area (Å²) < 4.78 is 18.1. The number of hydrogen-bond donors (Lipinski definition) is 0. The molecule has 0 saturated carbocycles. The lowest BCUT2D eigenvalue weighted by Gasteiger charge is -2.16. The van der Waals surface area contributed by atoms with E-state index < -0.39 is 0 Å². The normalized spacial score (nSPS) is 10.5. The van der Waals surface area contributed by atoms with E-state index in [1.807, 2.05) is 41.8 Å². The van der Waals surface area contributed by atoms with E-state index in [2.05, 4.69) is 15.2 Å². The van der Waals surface area contributed by atoms with Crippen molar-refractivity contribution in [2.24, 2.45) is 0 Å². The Hall–Kier alpha value is -3.09. The number of rotatable bonds is 5. The van der Waals surface area contributed by atoms with Crippen molar-refractivity contribution in [3.05, 3.63) is 42.2 Å². The molecular formula is C17H18N4O3. The standard InChI is InChI=1S/C17H18N4O3/c1-11-19-20-17(12-7-5-10-15(18-12)24-4)21(11)16-13(22-2)8-6-9-14(16)23-3/h5-10H,1-4H3. The minimum absolute atomic E-state index is 0.506. The van der Waals surface area contributed by atoms with Crippen LogP contribution in [-0.4, -0.2) is 41.1 Å². The Labute approximate surface area is 139 Å². The Balaban J connectivity index is 2.26. The molecule has 0 N–H and O–H groups in total. The number of para-hydroxylation sites is 1. The lowest BCUT2D eigenvalue weighted by molar-refractivity contribution is 0.390. The molecule has 2 heterocycles. The van der Waals surface area contributed by atoms with Crippen LogP contribution in [0.4, 0.5) is 0 Å². The van der Waals surface area contributed by atoms with Gasteiger partial charge in [-0.3, -0.25) is 4.57 Å². The molecule has 0 aliphatic rings. The van der Waals surface area contributed by atoms with Crippen molar-refractivity contribution in [1.29, 1.82) is 0 Å². The van der Waals surface area contributed by atoms with Crippen LogP contribution in [0.2, 0.25) is 0 Å². The smallest absolute Gasteiger partial charge is 0.213 e. The summed E-state index contributed by atoms with van der Waals surface area (Å²) in [6, 6.07) is 11.1. The number of hydrogen-bond acceptors (Lipinski definition) is 6. The monoisotopic (exact) mass is 326 g/mol. The van der Waals surface area contributed by atoms with Gasteiger partial charge < -0.3 is 14.2 Å². The number of methoxy groups -OCH3 is 3. The zero-order valence-corrected chi connectivity index (χ0v) is 14.0.